The zero-order valence-electron chi connectivity index (χ0n) is 22.1. The normalized spacial score (nSPS) is 20.8. The molecule has 2 aliphatic rings. The van der Waals surface area contributed by atoms with Gasteiger partial charge in [-0.3, -0.25) is 0 Å². The number of aryl methyl sites for hydroxylation is 1. The quantitative estimate of drug-likeness (QED) is 0.281. The number of benzene rings is 2. The predicted octanol–water partition coefficient (Wildman–Crippen LogP) is 6.97. The van der Waals surface area contributed by atoms with E-state index >= 15 is 4.39 Å². The van der Waals surface area contributed by atoms with Gasteiger partial charge in [0.05, 0.1) is 11.3 Å². The van der Waals surface area contributed by atoms with Crippen LogP contribution in [0.3, 0.4) is 0 Å². The van der Waals surface area contributed by atoms with Crippen molar-refractivity contribution in [2.75, 3.05) is 5.32 Å². The Labute approximate surface area is 227 Å². The Morgan fingerprint density at radius 1 is 1.13 bits per heavy atom. The summed E-state index contributed by atoms with van der Waals surface area (Å²) in [7, 11) is 0. The van der Waals surface area contributed by atoms with Crippen LogP contribution in [0.2, 0.25) is 0 Å². The summed E-state index contributed by atoms with van der Waals surface area (Å²) in [6, 6.07) is 13.3. The molecule has 0 amide bonds. The summed E-state index contributed by atoms with van der Waals surface area (Å²) in [4.78, 5) is 20.4. The van der Waals surface area contributed by atoms with Gasteiger partial charge >= 0.3 is 5.97 Å². The number of rotatable bonds is 6. The van der Waals surface area contributed by atoms with Crippen LogP contribution in [0.25, 0.3) is 22.2 Å². The fourth-order valence-electron chi connectivity index (χ4n) is 6.19. The molecule has 6 rings (SSSR count). The van der Waals surface area contributed by atoms with Crippen LogP contribution in [0.4, 0.5) is 10.1 Å². The van der Waals surface area contributed by atoms with E-state index in [9.17, 15) is 9.90 Å². The first-order valence-corrected chi connectivity index (χ1v) is 13.9. The lowest BCUT2D eigenvalue weighted by Crippen LogP contribution is -2.24. The molecule has 1 fully saturated rings. The Bertz CT molecular complexity index is 1500. The van der Waals surface area contributed by atoms with Gasteiger partial charge in [-0.15, -0.1) is 0 Å². The topological polar surface area (TPSA) is 89.3 Å². The highest BCUT2D eigenvalue weighted by Crippen LogP contribution is 2.48. The number of nitrogens with zero attached hydrogens (tertiary/aromatic N) is 3. The maximum atomic E-state index is 15.6. The third-order valence-corrected chi connectivity index (χ3v) is 8.19. The highest BCUT2D eigenvalue weighted by atomic mass is 19.1. The van der Waals surface area contributed by atoms with Crippen molar-refractivity contribution in [3.8, 4) is 17.0 Å². The van der Waals surface area contributed by atoms with Crippen molar-refractivity contribution in [3.63, 3.8) is 0 Å². The third-order valence-electron chi connectivity index (χ3n) is 8.19. The van der Waals surface area contributed by atoms with Crippen molar-refractivity contribution in [3.05, 3.63) is 71.8 Å². The van der Waals surface area contributed by atoms with Gasteiger partial charge in [-0.2, -0.15) is 0 Å². The standard InChI is InChI=1S/C31H33FN4O3/c1-2-20-12-15-36-27-16-19(31(37)38)8-10-24(27)29(22-6-3-4-7-25(22)32)30(36)23-11-9-21(17-26(23)35-20)39-18-28-33-13-5-14-34-28/h5,8-11,13-14,16-17,20,22,25,35H,2-4,6-7,12,15,18H2,1H3,(H,37,38)/t20?,22?,25-/m0/s1. The highest BCUT2D eigenvalue weighted by molar-refractivity contribution is 5.99. The maximum absolute atomic E-state index is 15.6. The molecule has 2 N–H and O–H groups in total. The minimum Gasteiger partial charge on any atom is -0.486 e. The van der Waals surface area contributed by atoms with E-state index < -0.39 is 12.1 Å². The summed E-state index contributed by atoms with van der Waals surface area (Å²) in [5.74, 6) is 0.112. The average Bonchev–Trinajstić information content (AvgIpc) is 3.26. The summed E-state index contributed by atoms with van der Waals surface area (Å²) >= 11 is 0. The van der Waals surface area contributed by atoms with Gasteiger partial charge in [-0.1, -0.05) is 25.8 Å². The minimum absolute atomic E-state index is 0.219. The fourth-order valence-corrected chi connectivity index (χ4v) is 6.19. The van der Waals surface area contributed by atoms with Crippen LogP contribution in [0.15, 0.2) is 54.9 Å². The van der Waals surface area contributed by atoms with E-state index in [-0.39, 0.29) is 24.1 Å². The zero-order chi connectivity index (χ0) is 26.9. The fraction of sp³-hybridized carbons (Fsp3) is 0.387. The van der Waals surface area contributed by atoms with E-state index in [1.807, 2.05) is 24.3 Å². The van der Waals surface area contributed by atoms with E-state index in [1.165, 1.54) is 0 Å². The zero-order valence-corrected chi connectivity index (χ0v) is 22.1. The molecule has 1 saturated carbocycles. The number of carboxylic acids is 1. The number of aromatic nitrogens is 3. The molecule has 1 aliphatic heterocycles. The molecule has 2 aromatic carbocycles. The number of aromatic carboxylic acids is 1. The molecule has 0 bridgehead atoms. The second-order valence-electron chi connectivity index (χ2n) is 10.6. The first kappa shape index (κ1) is 25.3. The van der Waals surface area contributed by atoms with Gasteiger partial charge in [0.25, 0.3) is 0 Å². The van der Waals surface area contributed by atoms with E-state index in [4.69, 9.17) is 4.74 Å². The van der Waals surface area contributed by atoms with Crippen LogP contribution in [0.1, 0.15) is 73.1 Å². The van der Waals surface area contributed by atoms with E-state index in [0.29, 0.717) is 24.5 Å². The molecule has 2 aromatic heterocycles. The van der Waals surface area contributed by atoms with Crippen LogP contribution in [-0.4, -0.2) is 37.8 Å². The molecule has 4 aromatic rings. The Hall–Kier alpha value is -3.94. The van der Waals surface area contributed by atoms with Crippen molar-refractivity contribution in [1.82, 2.24) is 14.5 Å². The summed E-state index contributed by atoms with van der Waals surface area (Å²) in [5, 5.41) is 14.4. The minimum atomic E-state index is -0.960. The second-order valence-corrected chi connectivity index (χ2v) is 10.6. The largest absolute Gasteiger partial charge is 0.486 e. The summed E-state index contributed by atoms with van der Waals surface area (Å²) in [5.41, 5.74) is 5.01. The average molecular weight is 529 g/mol. The molecule has 0 saturated heterocycles. The van der Waals surface area contributed by atoms with Crippen molar-refractivity contribution >= 4 is 22.6 Å². The smallest absolute Gasteiger partial charge is 0.335 e. The monoisotopic (exact) mass is 528 g/mol. The van der Waals surface area contributed by atoms with E-state index in [0.717, 1.165) is 65.5 Å². The number of nitrogens with one attached hydrogen (secondary N) is 1. The number of fused-ring (bicyclic) bond motifs is 5. The van der Waals surface area contributed by atoms with Gasteiger partial charge < -0.3 is 19.7 Å². The Balaban J connectivity index is 1.52. The number of carbonyl (C=O) groups is 1. The molecule has 202 valence electrons. The van der Waals surface area contributed by atoms with Crippen LogP contribution >= 0.6 is 0 Å². The van der Waals surface area contributed by atoms with Crippen molar-refractivity contribution < 1.29 is 19.0 Å². The highest BCUT2D eigenvalue weighted by Gasteiger charge is 2.34. The number of carboxylic acid groups (broad SMARTS) is 1. The van der Waals surface area contributed by atoms with Crippen LogP contribution in [-0.2, 0) is 13.2 Å². The molecule has 3 atom stereocenters. The van der Waals surface area contributed by atoms with Crippen LogP contribution in [0, 0.1) is 0 Å². The van der Waals surface area contributed by atoms with Gasteiger partial charge in [0.2, 0.25) is 0 Å². The Morgan fingerprint density at radius 2 is 1.95 bits per heavy atom. The predicted molar refractivity (Wildman–Crippen MR) is 149 cm³/mol. The van der Waals surface area contributed by atoms with Gasteiger partial charge in [-0.05, 0) is 61.6 Å². The van der Waals surface area contributed by atoms with Gasteiger partial charge in [-0.25, -0.2) is 19.2 Å². The van der Waals surface area contributed by atoms with Crippen molar-refractivity contribution in [2.45, 2.75) is 76.7 Å². The van der Waals surface area contributed by atoms with Gasteiger partial charge in [0.1, 0.15) is 18.5 Å². The lowest BCUT2D eigenvalue weighted by Gasteiger charge is -2.30. The number of anilines is 1. The number of hydrogen-bond acceptors (Lipinski definition) is 5. The lowest BCUT2D eigenvalue weighted by atomic mass is 9.80. The van der Waals surface area contributed by atoms with Crippen LogP contribution in [0.5, 0.6) is 5.75 Å². The first-order chi connectivity index (χ1) is 19.0. The molecular weight excluding hydrogens is 495 g/mol. The van der Waals surface area contributed by atoms with Gasteiger partial charge in [0, 0.05) is 59.1 Å². The maximum Gasteiger partial charge on any atom is 0.335 e. The molecule has 0 spiro atoms. The summed E-state index contributed by atoms with van der Waals surface area (Å²) < 4.78 is 23.9. The molecular formula is C31H33FN4O3. The molecule has 7 nitrogen and oxygen atoms in total. The lowest BCUT2D eigenvalue weighted by molar-refractivity contribution is 0.0697. The molecule has 39 heavy (non-hydrogen) atoms. The number of hydrogen-bond donors (Lipinski definition) is 2. The van der Waals surface area contributed by atoms with Crippen molar-refractivity contribution in [1.29, 1.82) is 0 Å². The second kappa shape index (κ2) is 10.7. The molecule has 2 unspecified atom stereocenters. The third kappa shape index (κ3) is 4.84. The van der Waals surface area contributed by atoms with E-state index in [2.05, 4.69) is 26.8 Å². The molecule has 3 heterocycles. The Morgan fingerprint density at radius 3 is 2.72 bits per heavy atom. The Kier molecular flexibility index (Phi) is 6.94. The number of alkyl halides is 1. The SMILES string of the molecule is CCC1CCn2c(c(C3CCCC[C@@H]3F)c3ccc(C(=O)O)cc32)-c2ccc(OCc3ncccn3)cc2N1. The summed E-state index contributed by atoms with van der Waals surface area (Å²) in [6.45, 7) is 3.13. The number of ether oxygens (including phenoxy) is 1. The molecule has 0 radical (unpaired) electrons. The van der Waals surface area contributed by atoms with Gasteiger partial charge in [0.15, 0.2) is 5.82 Å². The number of halogens is 1. The van der Waals surface area contributed by atoms with Crippen molar-refractivity contribution in [2.24, 2.45) is 0 Å². The molecule has 8 heteroatoms. The van der Waals surface area contributed by atoms with Crippen LogP contribution < -0.4 is 10.1 Å². The van der Waals surface area contributed by atoms with E-state index in [1.54, 1.807) is 30.6 Å². The summed E-state index contributed by atoms with van der Waals surface area (Å²) in [6.07, 6.45) is 7.48. The first-order valence-electron chi connectivity index (χ1n) is 13.9. The molecule has 1 aliphatic carbocycles.